The molecular weight excluding hydrogens is 254 g/mol. The van der Waals surface area contributed by atoms with Gasteiger partial charge in [-0.1, -0.05) is 38.5 Å². The molecule has 0 aliphatic carbocycles. The summed E-state index contributed by atoms with van der Waals surface area (Å²) in [7, 11) is 1.79. The Hall–Kier alpha value is -1.63. The van der Waals surface area contributed by atoms with E-state index in [2.05, 4.69) is 0 Å². The SMILES string of the molecule is [2H]C([2H])([2H])c1ccc(-c2cc(C([2H])([2H])C)c(C([2H])([2H])C(C)C)c[n+]2C)c(C)c1. The van der Waals surface area contributed by atoms with Crippen LogP contribution in [-0.4, -0.2) is 0 Å². The van der Waals surface area contributed by atoms with Crippen LogP contribution in [0.5, 0.6) is 0 Å². The van der Waals surface area contributed by atoms with E-state index in [0.29, 0.717) is 16.8 Å². The van der Waals surface area contributed by atoms with Gasteiger partial charge in [-0.25, -0.2) is 4.57 Å². The zero-order chi connectivity index (χ0) is 21.7. The van der Waals surface area contributed by atoms with E-state index >= 15 is 0 Å². The Morgan fingerprint density at radius 1 is 1.24 bits per heavy atom. The van der Waals surface area contributed by atoms with Crippen molar-refractivity contribution in [2.45, 2.75) is 47.3 Å². The Morgan fingerprint density at radius 3 is 2.57 bits per heavy atom. The third-order valence-corrected chi connectivity index (χ3v) is 3.49. The first-order valence-electron chi connectivity index (χ1n) is 10.7. The average Bonchev–Trinajstić information content (AvgIpc) is 2.52. The van der Waals surface area contributed by atoms with Crippen molar-refractivity contribution in [1.29, 1.82) is 0 Å². The largest absolute Gasteiger partial charge is 0.212 e. The fraction of sp³-hybridized carbons (Fsp3) is 0.450. The maximum Gasteiger partial charge on any atom is 0.212 e. The van der Waals surface area contributed by atoms with E-state index in [4.69, 9.17) is 9.60 Å². The number of hydrogen-bond acceptors (Lipinski definition) is 0. The lowest BCUT2D eigenvalue weighted by Gasteiger charge is -2.12. The first-order valence-corrected chi connectivity index (χ1v) is 7.23. The highest BCUT2D eigenvalue weighted by Gasteiger charge is 2.17. The number of pyridine rings is 1. The third kappa shape index (κ3) is 3.53. The molecular formula is C20H28N+. The van der Waals surface area contributed by atoms with Gasteiger partial charge in [0.2, 0.25) is 5.69 Å². The lowest BCUT2D eigenvalue weighted by atomic mass is 9.95. The quantitative estimate of drug-likeness (QED) is 0.727. The molecule has 0 atom stereocenters. The second-order valence-corrected chi connectivity index (χ2v) is 5.68. The minimum atomic E-state index is -2.19. The summed E-state index contributed by atoms with van der Waals surface area (Å²) in [6, 6.07) is 6.62. The van der Waals surface area contributed by atoms with Crippen LogP contribution in [0.15, 0.2) is 30.5 Å². The molecule has 0 unspecified atom stereocenters. The first kappa shape index (κ1) is 8.73. The molecule has 1 nitrogen and oxygen atoms in total. The van der Waals surface area contributed by atoms with Crippen LogP contribution in [-0.2, 0) is 19.8 Å². The summed E-state index contributed by atoms with van der Waals surface area (Å²) in [6.45, 7) is 4.62. The zero-order valence-electron chi connectivity index (χ0n) is 20.4. The molecule has 1 aromatic carbocycles. The van der Waals surface area contributed by atoms with Crippen LogP contribution in [0.2, 0.25) is 0 Å². The van der Waals surface area contributed by atoms with Crippen molar-refractivity contribution in [2.75, 3.05) is 0 Å². The van der Waals surface area contributed by atoms with Gasteiger partial charge in [-0.3, -0.25) is 0 Å². The summed E-state index contributed by atoms with van der Waals surface area (Å²) >= 11 is 0. The highest BCUT2D eigenvalue weighted by Crippen LogP contribution is 2.24. The van der Waals surface area contributed by atoms with Crippen molar-refractivity contribution < 1.29 is 14.2 Å². The molecule has 0 bridgehead atoms. The second kappa shape index (κ2) is 6.43. The molecule has 1 heterocycles. The molecule has 0 spiro atoms. The molecule has 1 aromatic heterocycles. The van der Waals surface area contributed by atoms with Gasteiger partial charge in [-0.2, -0.15) is 0 Å². The monoisotopic (exact) mass is 289 g/mol. The first-order chi connectivity index (χ1) is 12.6. The Kier molecular flexibility index (Phi) is 2.67. The van der Waals surface area contributed by atoms with Crippen molar-refractivity contribution in [2.24, 2.45) is 13.0 Å². The Morgan fingerprint density at radius 2 is 2.00 bits per heavy atom. The normalized spacial score (nSPS) is 18.1. The predicted molar refractivity (Wildman–Crippen MR) is 90.4 cm³/mol. The van der Waals surface area contributed by atoms with Gasteiger partial charge < -0.3 is 0 Å². The zero-order valence-corrected chi connectivity index (χ0v) is 13.4. The highest BCUT2D eigenvalue weighted by atomic mass is 14.9. The number of aromatic nitrogens is 1. The Balaban J connectivity index is 2.75. The van der Waals surface area contributed by atoms with E-state index in [0.717, 1.165) is 11.1 Å². The van der Waals surface area contributed by atoms with Crippen molar-refractivity contribution in [3.63, 3.8) is 0 Å². The molecule has 2 aromatic rings. The van der Waals surface area contributed by atoms with Crippen molar-refractivity contribution in [1.82, 2.24) is 0 Å². The minimum absolute atomic E-state index is 0.259. The van der Waals surface area contributed by atoms with Gasteiger partial charge >= 0.3 is 0 Å². The fourth-order valence-corrected chi connectivity index (χ4v) is 2.50. The van der Waals surface area contributed by atoms with Crippen LogP contribution in [0.1, 0.15) is 52.6 Å². The molecule has 0 amide bonds. The van der Waals surface area contributed by atoms with Gasteiger partial charge in [0.15, 0.2) is 6.20 Å². The van der Waals surface area contributed by atoms with Crippen LogP contribution >= 0.6 is 0 Å². The molecule has 2 rings (SSSR count). The van der Waals surface area contributed by atoms with Crippen molar-refractivity contribution in [3.8, 4) is 11.3 Å². The number of hydrogen-bond donors (Lipinski definition) is 0. The summed E-state index contributed by atoms with van der Waals surface area (Å²) in [6.07, 6.45) is -1.76. The molecule has 0 aliphatic heterocycles. The van der Waals surface area contributed by atoms with Crippen LogP contribution in [0.4, 0.5) is 0 Å². The van der Waals surface area contributed by atoms with E-state index in [1.165, 1.54) is 6.92 Å². The molecule has 112 valence electrons. The van der Waals surface area contributed by atoms with E-state index in [1.54, 1.807) is 55.9 Å². The maximum absolute atomic E-state index is 8.48. The van der Waals surface area contributed by atoms with Crippen LogP contribution in [0.3, 0.4) is 0 Å². The molecule has 0 radical (unpaired) electrons. The van der Waals surface area contributed by atoms with E-state index in [9.17, 15) is 0 Å². The van der Waals surface area contributed by atoms with Gasteiger partial charge in [0.25, 0.3) is 0 Å². The minimum Gasteiger partial charge on any atom is -0.201 e. The van der Waals surface area contributed by atoms with Gasteiger partial charge in [0, 0.05) is 26.8 Å². The average molecular weight is 289 g/mol. The number of rotatable bonds is 4. The van der Waals surface area contributed by atoms with E-state index in [-0.39, 0.29) is 11.5 Å². The molecule has 0 aliphatic rings. The van der Waals surface area contributed by atoms with Crippen LogP contribution < -0.4 is 4.57 Å². The van der Waals surface area contributed by atoms with Crippen molar-refractivity contribution in [3.05, 3.63) is 52.7 Å². The molecule has 0 saturated heterocycles. The molecule has 0 N–H and O–H groups in total. The second-order valence-electron chi connectivity index (χ2n) is 5.68. The lowest BCUT2D eigenvalue weighted by Crippen LogP contribution is -2.32. The predicted octanol–water partition coefficient (Wildman–Crippen LogP) is 4.56. The highest BCUT2D eigenvalue weighted by molar-refractivity contribution is 5.62. The van der Waals surface area contributed by atoms with Gasteiger partial charge in [0.05, 0.1) is 0 Å². The van der Waals surface area contributed by atoms with E-state index in [1.807, 2.05) is 6.92 Å². The molecule has 0 fully saturated rings. The number of nitrogens with zero attached hydrogens (tertiary/aromatic N) is 1. The Labute approximate surface area is 139 Å². The van der Waals surface area contributed by atoms with Crippen LogP contribution in [0.25, 0.3) is 11.3 Å². The number of aryl methyl sites for hydroxylation is 4. The summed E-state index contributed by atoms with van der Waals surface area (Å²) in [5, 5.41) is 0. The maximum atomic E-state index is 8.48. The van der Waals surface area contributed by atoms with Crippen LogP contribution in [0, 0.1) is 19.7 Å². The Bertz CT molecular complexity index is 877. The number of benzene rings is 1. The topological polar surface area (TPSA) is 3.88 Å². The fourth-order valence-electron chi connectivity index (χ4n) is 2.50. The molecule has 21 heavy (non-hydrogen) atoms. The summed E-state index contributed by atoms with van der Waals surface area (Å²) in [5.74, 6) is -0.320. The summed E-state index contributed by atoms with van der Waals surface area (Å²) in [5.41, 5.74) is 3.16. The van der Waals surface area contributed by atoms with Crippen molar-refractivity contribution >= 4 is 0 Å². The van der Waals surface area contributed by atoms with Gasteiger partial charge in [0.1, 0.15) is 7.05 Å². The standard InChI is InChI=1S/C20H28N/c1-7-17-12-20(19-9-8-15(4)11-16(19)5)21(6)13-18(17)10-14(2)3/h8-9,11-14H,7,10H2,1-6H3/q+1/i4D3,7D2,10D2. The smallest absolute Gasteiger partial charge is 0.201 e. The van der Waals surface area contributed by atoms with Gasteiger partial charge in [-0.15, -0.1) is 0 Å². The van der Waals surface area contributed by atoms with Gasteiger partial charge in [-0.05, 0) is 49.6 Å². The van der Waals surface area contributed by atoms with E-state index < -0.39 is 19.6 Å². The summed E-state index contributed by atoms with van der Waals surface area (Å²) in [4.78, 5) is 0. The lowest BCUT2D eigenvalue weighted by molar-refractivity contribution is -0.660. The molecule has 0 saturated carbocycles. The third-order valence-electron chi connectivity index (χ3n) is 3.49. The molecule has 1 heteroatoms. The summed E-state index contributed by atoms with van der Waals surface area (Å²) < 4.78 is 58.0.